The monoisotopic (exact) mass is 232 g/mol. The summed E-state index contributed by atoms with van der Waals surface area (Å²) in [5.41, 5.74) is 7.84. The number of hydrogen-bond donors (Lipinski definition) is 1. The molecule has 0 aliphatic rings. The van der Waals surface area contributed by atoms with Crippen molar-refractivity contribution in [2.24, 2.45) is 0 Å². The number of nitrogen functional groups attached to an aromatic ring is 1. The van der Waals surface area contributed by atoms with Gasteiger partial charge in [0, 0.05) is 25.0 Å². The number of nitrogens with two attached hydrogens (primary N) is 1. The minimum Gasteiger partial charge on any atom is -0.399 e. The Balaban J connectivity index is 2.69. The molecule has 1 aromatic rings. The smallest absolute Gasteiger partial charge is 0.390 e. The summed E-state index contributed by atoms with van der Waals surface area (Å²) in [6.45, 7) is 1.80. The molecule has 0 spiro atoms. The Hall–Kier alpha value is -1.39. The van der Waals surface area contributed by atoms with E-state index in [2.05, 4.69) is 0 Å². The van der Waals surface area contributed by atoms with Crippen LogP contribution in [0.3, 0.4) is 0 Å². The van der Waals surface area contributed by atoms with Gasteiger partial charge in [-0.25, -0.2) is 0 Å². The van der Waals surface area contributed by atoms with Gasteiger partial charge in [0.15, 0.2) is 0 Å². The van der Waals surface area contributed by atoms with E-state index in [0.29, 0.717) is 11.4 Å². The molecule has 2 N–H and O–H groups in total. The molecule has 0 heterocycles. The minimum atomic E-state index is -4.12. The Morgan fingerprint density at radius 3 is 2.38 bits per heavy atom. The third-order valence-electron chi connectivity index (χ3n) is 2.26. The second-order valence-corrected chi connectivity index (χ2v) is 3.89. The summed E-state index contributed by atoms with van der Waals surface area (Å²) < 4.78 is 36.1. The number of alkyl halides is 3. The van der Waals surface area contributed by atoms with Crippen molar-refractivity contribution in [2.75, 3.05) is 24.2 Å². The molecular formula is C11H15F3N2. The molecule has 1 aromatic carbocycles. The van der Waals surface area contributed by atoms with E-state index in [4.69, 9.17) is 5.73 Å². The Kier molecular flexibility index (Phi) is 3.67. The second-order valence-electron chi connectivity index (χ2n) is 3.89. The highest BCUT2D eigenvalue weighted by atomic mass is 19.4. The standard InChI is InChI=1S/C11H15F3N2/c1-8-5-9(15)7-10(6-8)16(2)4-3-11(12,13)14/h5-7H,3-4,15H2,1-2H3. The van der Waals surface area contributed by atoms with Crippen molar-refractivity contribution in [1.29, 1.82) is 0 Å². The first-order valence-electron chi connectivity index (χ1n) is 4.93. The average molecular weight is 232 g/mol. The fraction of sp³-hybridized carbons (Fsp3) is 0.455. The predicted octanol–water partition coefficient (Wildman–Crippen LogP) is 2.97. The van der Waals surface area contributed by atoms with Gasteiger partial charge in [0.2, 0.25) is 0 Å². The predicted molar refractivity (Wildman–Crippen MR) is 59.5 cm³/mol. The molecule has 0 saturated heterocycles. The van der Waals surface area contributed by atoms with Gasteiger partial charge in [-0.05, 0) is 30.7 Å². The maximum absolute atomic E-state index is 12.0. The van der Waals surface area contributed by atoms with Crippen molar-refractivity contribution < 1.29 is 13.2 Å². The van der Waals surface area contributed by atoms with Crippen LogP contribution in [0.5, 0.6) is 0 Å². The van der Waals surface area contributed by atoms with E-state index in [9.17, 15) is 13.2 Å². The maximum atomic E-state index is 12.0. The van der Waals surface area contributed by atoms with Crippen LogP contribution in [0.2, 0.25) is 0 Å². The molecule has 0 radical (unpaired) electrons. The summed E-state index contributed by atoms with van der Waals surface area (Å²) in [6, 6.07) is 5.26. The Morgan fingerprint density at radius 1 is 1.25 bits per heavy atom. The lowest BCUT2D eigenvalue weighted by atomic mass is 10.2. The summed E-state index contributed by atoms with van der Waals surface area (Å²) in [5.74, 6) is 0. The topological polar surface area (TPSA) is 29.3 Å². The van der Waals surface area contributed by atoms with Gasteiger partial charge < -0.3 is 10.6 Å². The highest BCUT2D eigenvalue weighted by Gasteiger charge is 2.27. The van der Waals surface area contributed by atoms with Crippen LogP contribution in [0, 0.1) is 6.92 Å². The molecule has 90 valence electrons. The Bertz CT molecular complexity index is 340. The molecule has 0 unspecified atom stereocenters. The van der Waals surface area contributed by atoms with E-state index in [1.54, 1.807) is 24.1 Å². The highest BCUT2D eigenvalue weighted by molar-refractivity contribution is 5.57. The van der Waals surface area contributed by atoms with Gasteiger partial charge in [-0.1, -0.05) is 0 Å². The molecule has 0 saturated carbocycles. The highest BCUT2D eigenvalue weighted by Crippen LogP contribution is 2.23. The summed E-state index contributed by atoms with van der Waals surface area (Å²) >= 11 is 0. The first kappa shape index (κ1) is 12.7. The van der Waals surface area contributed by atoms with Crippen LogP contribution >= 0.6 is 0 Å². The van der Waals surface area contributed by atoms with E-state index < -0.39 is 12.6 Å². The Morgan fingerprint density at radius 2 is 1.88 bits per heavy atom. The van der Waals surface area contributed by atoms with E-state index in [1.807, 2.05) is 13.0 Å². The quantitative estimate of drug-likeness (QED) is 0.812. The van der Waals surface area contributed by atoms with Crippen LogP contribution in [0.4, 0.5) is 24.5 Å². The number of anilines is 2. The zero-order valence-corrected chi connectivity index (χ0v) is 9.30. The third-order valence-corrected chi connectivity index (χ3v) is 2.26. The molecule has 0 fully saturated rings. The number of benzene rings is 1. The average Bonchev–Trinajstić information content (AvgIpc) is 2.11. The van der Waals surface area contributed by atoms with Crippen LogP contribution in [-0.4, -0.2) is 19.8 Å². The van der Waals surface area contributed by atoms with Crippen LogP contribution in [-0.2, 0) is 0 Å². The van der Waals surface area contributed by atoms with Gasteiger partial charge in [0.1, 0.15) is 0 Å². The summed E-state index contributed by atoms with van der Waals surface area (Å²) in [6.07, 6.45) is -4.94. The van der Waals surface area contributed by atoms with E-state index in [1.165, 1.54) is 0 Å². The van der Waals surface area contributed by atoms with E-state index >= 15 is 0 Å². The largest absolute Gasteiger partial charge is 0.399 e. The molecule has 16 heavy (non-hydrogen) atoms. The van der Waals surface area contributed by atoms with Crippen molar-refractivity contribution in [3.8, 4) is 0 Å². The van der Waals surface area contributed by atoms with Crippen LogP contribution in [0.1, 0.15) is 12.0 Å². The summed E-state index contributed by atoms with van der Waals surface area (Å²) in [7, 11) is 1.62. The fourth-order valence-electron chi connectivity index (χ4n) is 1.44. The van der Waals surface area contributed by atoms with Gasteiger partial charge in [0.25, 0.3) is 0 Å². The van der Waals surface area contributed by atoms with Crippen molar-refractivity contribution in [1.82, 2.24) is 0 Å². The lowest BCUT2D eigenvalue weighted by molar-refractivity contribution is -0.132. The van der Waals surface area contributed by atoms with E-state index in [-0.39, 0.29) is 6.54 Å². The fourth-order valence-corrected chi connectivity index (χ4v) is 1.44. The molecule has 1 rings (SSSR count). The molecule has 0 aliphatic carbocycles. The molecule has 2 nitrogen and oxygen atoms in total. The van der Waals surface area contributed by atoms with Gasteiger partial charge in [-0.3, -0.25) is 0 Å². The first-order chi connectivity index (χ1) is 7.28. The first-order valence-corrected chi connectivity index (χ1v) is 4.93. The maximum Gasteiger partial charge on any atom is 0.390 e. The van der Waals surface area contributed by atoms with Crippen molar-refractivity contribution >= 4 is 11.4 Å². The number of hydrogen-bond acceptors (Lipinski definition) is 2. The van der Waals surface area contributed by atoms with E-state index in [0.717, 1.165) is 5.56 Å². The molecule has 0 aliphatic heterocycles. The van der Waals surface area contributed by atoms with Gasteiger partial charge in [-0.15, -0.1) is 0 Å². The zero-order valence-electron chi connectivity index (χ0n) is 9.30. The second kappa shape index (κ2) is 4.63. The van der Waals surface area contributed by atoms with Gasteiger partial charge in [0.05, 0.1) is 6.42 Å². The summed E-state index contributed by atoms with van der Waals surface area (Å²) in [5, 5.41) is 0. The molecule has 0 bridgehead atoms. The number of rotatable bonds is 3. The number of aryl methyl sites for hydroxylation is 1. The lowest BCUT2D eigenvalue weighted by Gasteiger charge is -2.21. The normalized spacial score (nSPS) is 11.6. The molecular weight excluding hydrogens is 217 g/mol. The SMILES string of the molecule is Cc1cc(N)cc(N(C)CCC(F)(F)F)c1. The Labute approximate surface area is 92.9 Å². The summed E-state index contributed by atoms with van der Waals surface area (Å²) in [4.78, 5) is 1.55. The zero-order chi connectivity index (χ0) is 12.3. The van der Waals surface area contributed by atoms with Gasteiger partial charge >= 0.3 is 6.18 Å². The lowest BCUT2D eigenvalue weighted by Crippen LogP contribution is -2.24. The number of halogens is 3. The van der Waals surface area contributed by atoms with Crippen molar-refractivity contribution in [3.05, 3.63) is 23.8 Å². The molecule has 0 aromatic heterocycles. The molecule has 0 amide bonds. The molecule has 5 heteroatoms. The minimum absolute atomic E-state index is 0.0631. The number of nitrogens with zero attached hydrogens (tertiary/aromatic N) is 1. The van der Waals surface area contributed by atoms with Crippen LogP contribution < -0.4 is 10.6 Å². The third kappa shape index (κ3) is 4.00. The molecule has 0 atom stereocenters. The van der Waals surface area contributed by atoms with Gasteiger partial charge in [-0.2, -0.15) is 13.2 Å². The van der Waals surface area contributed by atoms with Crippen LogP contribution in [0.15, 0.2) is 18.2 Å². The van der Waals surface area contributed by atoms with Crippen molar-refractivity contribution in [3.63, 3.8) is 0 Å². The van der Waals surface area contributed by atoms with Crippen LogP contribution in [0.25, 0.3) is 0 Å². The van der Waals surface area contributed by atoms with Crippen molar-refractivity contribution in [2.45, 2.75) is 19.5 Å².